The summed E-state index contributed by atoms with van der Waals surface area (Å²) >= 11 is 1.75. The number of nitrogens with one attached hydrogen (secondary N) is 2. The van der Waals surface area contributed by atoms with Gasteiger partial charge in [0.15, 0.2) is 0 Å². The number of carbonyl (C=O) groups is 1. The van der Waals surface area contributed by atoms with Gasteiger partial charge in [-0.25, -0.2) is 9.97 Å². The van der Waals surface area contributed by atoms with Crippen LogP contribution in [0.2, 0.25) is 0 Å². The molecule has 7 heteroatoms. The van der Waals surface area contributed by atoms with Gasteiger partial charge in [-0.2, -0.15) is 0 Å². The second-order valence-electron chi connectivity index (χ2n) is 8.20. The van der Waals surface area contributed by atoms with Crippen LogP contribution < -0.4 is 10.6 Å². The molecule has 1 saturated carbocycles. The monoisotopic (exact) mass is 436 g/mol. The highest BCUT2D eigenvalue weighted by atomic mass is 32.1. The minimum atomic E-state index is -0.638. The summed E-state index contributed by atoms with van der Waals surface area (Å²) in [6.07, 6.45) is 5.40. The molecule has 1 fully saturated rings. The van der Waals surface area contributed by atoms with E-state index in [4.69, 9.17) is 10.1 Å². The Labute approximate surface area is 186 Å². The molecule has 3 aromatic heterocycles. The summed E-state index contributed by atoms with van der Waals surface area (Å²) < 4.78 is 0. The highest BCUT2D eigenvalue weighted by molar-refractivity contribution is 7.15. The molecule has 0 aliphatic heterocycles. The fourth-order valence-electron chi connectivity index (χ4n) is 4.00. The van der Waals surface area contributed by atoms with E-state index in [1.54, 1.807) is 17.5 Å². The summed E-state index contributed by atoms with van der Waals surface area (Å²) in [6, 6.07) is 14.2. The van der Waals surface area contributed by atoms with E-state index in [-0.39, 0.29) is 5.92 Å². The van der Waals surface area contributed by atoms with Crippen LogP contribution in [-0.4, -0.2) is 27.6 Å². The number of pyridine rings is 2. The number of aromatic nitrogens is 2. The number of anilines is 2. The van der Waals surface area contributed by atoms with Gasteiger partial charge < -0.3 is 15.7 Å². The van der Waals surface area contributed by atoms with Crippen LogP contribution in [0.25, 0.3) is 10.6 Å². The van der Waals surface area contributed by atoms with Crippen LogP contribution in [0.15, 0.2) is 48.7 Å². The Balaban J connectivity index is 1.30. The maximum atomic E-state index is 11.1. The van der Waals surface area contributed by atoms with E-state index in [2.05, 4.69) is 27.8 Å². The van der Waals surface area contributed by atoms with E-state index in [9.17, 15) is 4.79 Å². The molecule has 0 amide bonds. The molecule has 0 atom stereocenters. The van der Waals surface area contributed by atoms with Gasteiger partial charge in [-0.1, -0.05) is 6.07 Å². The first-order valence-electron chi connectivity index (χ1n) is 10.8. The lowest BCUT2D eigenvalue weighted by Crippen LogP contribution is -2.28. The Kier molecular flexibility index (Phi) is 6.94. The molecule has 0 unspecified atom stereocenters. The van der Waals surface area contributed by atoms with Gasteiger partial charge in [-0.3, -0.25) is 4.79 Å². The van der Waals surface area contributed by atoms with Crippen LogP contribution in [0.5, 0.6) is 0 Å². The van der Waals surface area contributed by atoms with Gasteiger partial charge >= 0.3 is 5.97 Å². The van der Waals surface area contributed by atoms with Crippen molar-refractivity contribution in [2.75, 3.05) is 11.9 Å². The highest BCUT2D eigenvalue weighted by Gasteiger charge is 2.25. The number of hydrogen-bond acceptors (Lipinski definition) is 6. The molecular weight excluding hydrogens is 408 g/mol. The summed E-state index contributed by atoms with van der Waals surface area (Å²) in [7, 11) is 0. The van der Waals surface area contributed by atoms with Gasteiger partial charge in [-0.05, 0) is 87.0 Å². The second-order valence-corrected chi connectivity index (χ2v) is 9.37. The fourth-order valence-corrected chi connectivity index (χ4v) is 4.95. The van der Waals surface area contributed by atoms with E-state index in [1.165, 1.54) is 4.88 Å². The van der Waals surface area contributed by atoms with Crippen LogP contribution in [0.4, 0.5) is 11.6 Å². The van der Waals surface area contributed by atoms with Gasteiger partial charge in [0.1, 0.15) is 11.6 Å². The van der Waals surface area contributed by atoms with Crippen LogP contribution in [-0.2, 0) is 11.3 Å². The molecule has 3 aromatic rings. The van der Waals surface area contributed by atoms with Crippen LogP contribution in [0.1, 0.15) is 36.1 Å². The standard InChI is InChI=1S/C24H28N4O2S/c1-16-11-12-26-23(13-16)28-22-4-2-3-20(27-22)21-10-9-19(31-21)15-25-14-17-5-7-18(8-6-17)24(29)30/h2-4,9-13,17-18,25H,5-8,14-15H2,1H3,(H,29,30)(H,26,27,28)/t17-,18-. The van der Waals surface area contributed by atoms with Crippen molar-refractivity contribution in [3.63, 3.8) is 0 Å². The average molecular weight is 437 g/mol. The number of carboxylic acids is 1. The van der Waals surface area contributed by atoms with Crippen molar-refractivity contribution in [1.82, 2.24) is 15.3 Å². The Bertz CT molecular complexity index is 1030. The molecule has 1 aliphatic rings. The third-order valence-electron chi connectivity index (χ3n) is 5.76. The fraction of sp³-hybridized carbons (Fsp3) is 0.375. The average Bonchev–Trinajstić information content (AvgIpc) is 3.23. The maximum Gasteiger partial charge on any atom is 0.306 e. The van der Waals surface area contributed by atoms with Gasteiger partial charge in [0.05, 0.1) is 16.5 Å². The van der Waals surface area contributed by atoms with E-state index in [0.29, 0.717) is 5.92 Å². The maximum absolute atomic E-state index is 11.1. The third kappa shape index (κ3) is 5.89. The largest absolute Gasteiger partial charge is 0.481 e. The SMILES string of the molecule is Cc1ccnc(Nc2cccc(-c3ccc(CNC[C@H]4CC[C@H](C(=O)O)CC4)s3)n2)c1. The lowest BCUT2D eigenvalue weighted by molar-refractivity contribution is -0.143. The van der Waals surface area contributed by atoms with Crippen molar-refractivity contribution < 1.29 is 9.90 Å². The number of aryl methyl sites for hydroxylation is 1. The van der Waals surface area contributed by atoms with E-state index >= 15 is 0 Å². The van der Waals surface area contributed by atoms with Crippen LogP contribution in [0, 0.1) is 18.8 Å². The molecule has 0 spiro atoms. The highest BCUT2D eigenvalue weighted by Crippen LogP contribution is 2.30. The number of carboxylic acid groups (broad SMARTS) is 1. The summed E-state index contributed by atoms with van der Waals surface area (Å²) in [6.45, 7) is 3.81. The first kappa shape index (κ1) is 21.5. The summed E-state index contributed by atoms with van der Waals surface area (Å²) in [5.74, 6) is 1.37. The molecule has 3 heterocycles. The predicted octanol–water partition coefficient (Wildman–Crippen LogP) is 5.24. The van der Waals surface area contributed by atoms with Gasteiger partial charge in [0.25, 0.3) is 0 Å². The Morgan fingerprint density at radius 3 is 2.74 bits per heavy atom. The van der Waals surface area contributed by atoms with Gasteiger partial charge in [0.2, 0.25) is 0 Å². The van der Waals surface area contributed by atoms with Gasteiger partial charge in [-0.15, -0.1) is 11.3 Å². The van der Waals surface area contributed by atoms with Gasteiger partial charge in [0, 0.05) is 17.6 Å². The normalized spacial score (nSPS) is 18.6. The number of rotatable bonds is 8. The van der Waals surface area contributed by atoms with Crippen molar-refractivity contribution >= 4 is 28.9 Å². The summed E-state index contributed by atoms with van der Waals surface area (Å²) in [5.41, 5.74) is 2.10. The lowest BCUT2D eigenvalue weighted by Gasteiger charge is -2.26. The quantitative estimate of drug-likeness (QED) is 0.448. The molecule has 31 heavy (non-hydrogen) atoms. The minimum Gasteiger partial charge on any atom is -0.481 e. The summed E-state index contributed by atoms with van der Waals surface area (Å²) in [4.78, 5) is 22.6. The van der Waals surface area contributed by atoms with Crippen molar-refractivity contribution in [2.24, 2.45) is 11.8 Å². The molecule has 6 nitrogen and oxygen atoms in total. The second kappa shape index (κ2) is 10.0. The molecule has 0 saturated heterocycles. The number of thiophene rings is 1. The van der Waals surface area contributed by atoms with Crippen molar-refractivity contribution in [2.45, 2.75) is 39.2 Å². The first-order valence-corrected chi connectivity index (χ1v) is 11.6. The molecular formula is C24H28N4O2S. The molecule has 0 bridgehead atoms. The molecule has 4 rings (SSSR count). The Morgan fingerprint density at radius 1 is 1.13 bits per heavy atom. The minimum absolute atomic E-state index is 0.143. The first-order chi connectivity index (χ1) is 15.1. The predicted molar refractivity (Wildman–Crippen MR) is 125 cm³/mol. The molecule has 1 aliphatic carbocycles. The van der Waals surface area contributed by atoms with E-state index < -0.39 is 5.97 Å². The Morgan fingerprint density at radius 2 is 1.97 bits per heavy atom. The molecule has 3 N–H and O–H groups in total. The van der Waals surface area contributed by atoms with Crippen molar-refractivity contribution in [1.29, 1.82) is 0 Å². The summed E-state index contributed by atoms with van der Waals surface area (Å²) in [5, 5.41) is 15.9. The van der Waals surface area contributed by atoms with Crippen molar-refractivity contribution in [3.8, 4) is 10.6 Å². The molecule has 162 valence electrons. The number of aliphatic carboxylic acids is 1. The topological polar surface area (TPSA) is 87.1 Å². The van der Waals surface area contributed by atoms with Crippen molar-refractivity contribution in [3.05, 3.63) is 59.1 Å². The van der Waals surface area contributed by atoms with E-state index in [0.717, 1.165) is 66.5 Å². The number of nitrogens with zero attached hydrogens (tertiary/aromatic N) is 2. The van der Waals surface area contributed by atoms with Crippen LogP contribution in [0.3, 0.4) is 0 Å². The third-order valence-corrected chi connectivity index (χ3v) is 6.87. The zero-order chi connectivity index (χ0) is 21.6. The number of hydrogen-bond donors (Lipinski definition) is 3. The molecule has 0 radical (unpaired) electrons. The zero-order valence-corrected chi connectivity index (χ0v) is 18.5. The van der Waals surface area contributed by atoms with E-state index in [1.807, 2.05) is 37.3 Å². The lowest BCUT2D eigenvalue weighted by atomic mass is 9.82. The van der Waals surface area contributed by atoms with Crippen LogP contribution >= 0.6 is 11.3 Å². The molecule has 0 aromatic carbocycles. The smallest absolute Gasteiger partial charge is 0.306 e. The zero-order valence-electron chi connectivity index (χ0n) is 17.7. The Hall–Kier alpha value is -2.77.